The lowest BCUT2D eigenvalue weighted by Crippen LogP contribution is -2.33. The summed E-state index contributed by atoms with van der Waals surface area (Å²) in [5, 5.41) is 3.36. The van der Waals surface area contributed by atoms with Gasteiger partial charge >= 0.3 is 0 Å². The molecule has 1 unspecified atom stereocenters. The summed E-state index contributed by atoms with van der Waals surface area (Å²) in [6.07, 6.45) is 7.38. The van der Waals surface area contributed by atoms with Gasteiger partial charge in [0.2, 0.25) is 0 Å². The van der Waals surface area contributed by atoms with Crippen LogP contribution in [0.2, 0.25) is 0 Å². The van der Waals surface area contributed by atoms with Crippen LogP contribution in [0.5, 0.6) is 0 Å². The van der Waals surface area contributed by atoms with Gasteiger partial charge in [-0.2, -0.15) is 0 Å². The van der Waals surface area contributed by atoms with Crippen LogP contribution < -0.4 is 5.56 Å². The van der Waals surface area contributed by atoms with Crippen LogP contribution in [-0.2, 0) is 11.8 Å². The summed E-state index contributed by atoms with van der Waals surface area (Å²) in [7, 11) is 0. The van der Waals surface area contributed by atoms with Crippen molar-refractivity contribution in [1.82, 2.24) is 9.97 Å². The van der Waals surface area contributed by atoms with Crippen LogP contribution in [0.4, 0.5) is 0 Å². The first kappa shape index (κ1) is 22.0. The number of nitrogens with one attached hydrogen (secondary N) is 1. The zero-order chi connectivity index (χ0) is 25.1. The van der Waals surface area contributed by atoms with Gasteiger partial charge in [-0.3, -0.25) is 4.79 Å². The van der Waals surface area contributed by atoms with Crippen LogP contribution in [0.1, 0.15) is 46.5 Å². The molecule has 0 saturated carbocycles. The van der Waals surface area contributed by atoms with Crippen molar-refractivity contribution < 1.29 is 0 Å². The second kappa shape index (κ2) is 8.14. The summed E-state index contributed by atoms with van der Waals surface area (Å²) in [5.41, 5.74) is 9.53. The Bertz CT molecular complexity index is 1840. The minimum Gasteiger partial charge on any atom is -0.309 e. The molecular formula is C34H28N2O. The van der Waals surface area contributed by atoms with Gasteiger partial charge < -0.3 is 4.98 Å². The lowest BCUT2D eigenvalue weighted by atomic mass is 9.67. The van der Waals surface area contributed by atoms with Gasteiger partial charge in [0.05, 0.1) is 16.3 Å². The predicted octanol–water partition coefficient (Wildman–Crippen LogP) is 7.34. The van der Waals surface area contributed by atoms with Crippen molar-refractivity contribution in [1.29, 1.82) is 0 Å². The molecule has 1 N–H and O–H groups in total. The third-order valence-corrected chi connectivity index (χ3v) is 8.55. The summed E-state index contributed by atoms with van der Waals surface area (Å²) in [6, 6.07) is 27.2. The first-order valence-corrected chi connectivity index (χ1v) is 13.0. The van der Waals surface area contributed by atoms with Crippen molar-refractivity contribution >= 4 is 27.2 Å². The number of nitrogens with zero attached hydrogens (tertiary/aromatic N) is 1. The van der Waals surface area contributed by atoms with E-state index >= 15 is 0 Å². The normalized spacial score (nSPS) is 18.8. The maximum atomic E-state index is 13.1. The minimum absolute atomic E-state index is 0.0878. The Balaban J connectivity index is 1.42. The Labute approximate surface area is 216 Å². The quantitative estimate of drug-likeness (QED) is 0.287. The molecule has 180 valence electrons. The summed E-state index contributed by atoms with van der Waals surface area (Å²) in [6.45, 7) is 4.41. The largest absolute Gasteiger partial charge is 0.309 e. The lowest BCUT2D eigenvalue weighted by Gasteiger charge is -2.37. The number of aromatic amines is 1. The number of aromatic nitrogens is 2. The van der Waals surface area contributed by atoms with Crippen LogP contribution in [0.25, 0.3) is 27.2 Å². The third-order valence-electron chi connectivity index (χ3n) is 8.55. The van der Waals surface area contributed by atoms with E-state index in [0.717, 1.165) is 30.3 Å². The zero-order valence-corrected chi connectivity index (χ0v) is 21.1. The molecule has 2 aliphatic carbocycles. The molecule has 3 nitrogen and oxygen atoms in total. The van der Waals surface area contributed by atoms with Crippen LogP contribution in [0, 0.1) is 13.8 Å². The Morgan fingerprint density at radius 3 is 2.46 bits per heavy atom. The van der Waals surface area contributed by atoms with Crippen LogP contribution in [0.3, 0.4) is 0 Å². The molecule has 4 aromatic carbocycles. The first-order chi connectivity index (χ1) is 18.0. The highest BCUT2D eigenvalue weighted by molar-refractivity contribution is 5.96. The lowest BCUT2D eigenvalue weighted by molar-refractivity contribution is 0.570. The van der Waals surface area contributed by atoms with Gasteiger partial charge in [0, 0.05) is 0 Å². The van der Waals surface area contributed by atoms with E-state index in [0.29, 0.717) is 11.2 Å². The maximum absolute atomic E-state index is 13.1. The third kappa shape index (κ3) is 3.27. The number of H-pyrrole nitrogens is 1. The van der Waals surface area contributed by atoms with Crippen molar-refractivity contribution in [3.63, 3.8) is 0 Å². The van der Waals surface area contributed by atoms with Gasteiger partial charge in [0.25, 0.3) is 5.56 Å². The molecule has 0 aliphatic heterocycles. The van der Waals surface area contributed by atoms with Crippen LogP contribution in [-0.4, -0.2) is 9.97 Å². The highest BCUT2D eigenvalue weighted by Gasteiger charge is 2.39. The molecule has 0 amide bonds. The minimum atomic E-state index is -0.522. The maximum Gasteiger partial charge on any atom is 0.258 e. The number of hydrogen-bond acceptors (Lipinski definition) is 2. The molecule has 0 radical (unpaired) electrons. The SMILES string of the molecule is Cc1ccc2c3c(ccc2c1C)C1=C(CC3)CC(c2ccccc2)(c2nc3ccccc3c(=O)[nH]2)C=C1. The number of fused-ring (bicyclic) bond motifs is 5. The smallest absolute Gasteiger partial charge is 0.258 e. The Kier molecular flexibility index (Phi) is 4.84. The topological polar surface area (TPSA) is 45.8 Å². The van der Waals surface area contributed by atoms with Gasteiger partial charge in [0.15, 0.2) is 0 Å². The number of rotatable bonds is 2. The van der Waals surface area contributed by atoms with Crippen LogP contribution in [0.15, 0.2) is 101 Å². The summed E-state index contributed by atoms with van der Waals surface area (Å²) in [4.78, 5) is 21.3. The average Bonchev–Trinajstić information content (AvgIpc) is 2.94. The molecule has 0 saturated heterocycles. The van der Waals surface area contributed by atoms with Gasteiger partial charge in [-0.1, -0.05) is 84.5 Å². The molecular weight excluding hydrogens is 452 g/mol. The Morgan fingerprint density at radius 1 is 0.811 bits per heavy atom. The molecule has 0 spiro atoms. The highest BCUT2D eigenvalue weighted by atomic mass is 16.1. The molecule has 37 heavy (non-hydrogen) atoms. The van der Waals surface area contributed by atoms with Gasteiger partial charge in [0.1, 0.15) is 5.82 Å². The molecule has 0 fully saturated rings. The van der Waals surface area contributed by atoms with E-state index in [2.05, 4.69) is 79.5 Å². The van der Waals surface area contributed by atoms with E-state index in [-0.39, 0.29) is 5.56 Å². The Hall–Kier alpha value is -4.24. The van der Waals surface area contributed by atoms with Gasteiger partial charge in [-0.15, -0.1) is 0 Å². The van der Waals surface area contributed by atoms with Crippen molar-refractivity contribution in [3.05, 3.63) is 141 Å². The predicted molar refractivity (Wildman–Crippen MR) is 152 cm³/mol. The van der Waals surface area contributed by atoms with Crippen molar-refractivity contribution in [2.45, 2.75) is 38.5 Å². The molecule has 2 aliphatic rings. The molecule has 1 aromatic heterocycles. The Morgan fingerprint density at radius 2 is 1.59 bits per heavy atom. The zero-order valence-electron chi connectivity index (χ0n) is 21.1. The van der Waals surface area contributed by atoms with E-state index in [1.807, 2.05) is 30.3 Å². The van der Waals surface area contributed by atoms with E-state index in [4.69, 9.17) is 4.98 Å². The number of allylic oxidation sites excluding steroid dienone is 4. The van der Waals surface area contributed by atoms with E-state index in [1.54, 1.807) is 0 Å². The number of para-hydroxylation sites is 1. The summed E-state index contributed by atoms with van der Waals surface area (Å²) >= 11 is 0. The first-order valence-electron chi connectivity index (χ1n) is 13.0. The second-order valence-corrected chi connectivity index (χ2v) is 10.5. The second-order valence-electron chi connectivity index (χ2n) is 10.5. The van der Waals surface area contributed by atoms with Gasteiger partial charge in [-0.05, 0) is 89.4 Å². The highest BCUT2D eigenvalue weighted by Crippen LogP contribution is 2.48. The van der Waals surface area contributed by atoms with E-state index < -0.39 is 5.41 Å². The van der Waals surface area contributed by atoms with E-state index in [1.165, 1.54) is 44.2 Å². The fourth-order valence-electron chi connectivity index (χ4n) is 6.39. The molecule has 0 bridgehead atoms. The monoisotopic (exact) mass is 480 g/mol. The molecule has 5 aromatic rings. The number of aryl methyl sites for hydroxylation is 3. The molecule has 3 heteroatoms. The van der Waals surface area contributed by atoms with Crippen LogP contribution >= 0.6 is 0 Å². The summed E-state index contributed by atoms with van der Waals surface area (Å²) in [5.74, 6) is 0.709. The fourth-order valence-corrected chi connectivity index (χ4v) is 6.39. The average molecular weight is 481 g/mol. The standard InChI is InChI=1S/C34H28N2O/c1-21-12-14-27-25(22(21)2)16-17-28-26-18-19-34(24-8-4-3-5-9-24,20-23(26)13-15-29(27)28)33-35-31-11-7-6-10-30(31)32(37)36-33/h3-12,14,16-19H,13,15,20H2,1-2H3,(H,35,36,37). The number of hydrogen-bond donors (Lipinski definition) is 1. The van der Waals surface area contributed by atoms with E-state index in [9.17, 15) is 4.79 Å². The molecule has 1 heterocycles. The molecule has 1 atom stereocenters. The summed E-state index contributed by atoms with van der Waals surface area (Å²) < 4.78 is 0. The molecule has 7 rings (SSSR count). The van der Waals surface area contributed by atoms with Crippen molar-refractivity contribution in [3.8, 4) is 0 Å². The number of benzene rings is 4. The van der Waals surface area contributed by atoms with Crippen molar-refractivity contribution in [2.75, 3.05) is 0 Å². The van der Waals surface area contributed by atoms with Gasteiger partial charge in [-0.25, -0.2) is 4.98 Å². The van der Waals surface area contributed by atoms with Crippen molar-refractivity contribution in [2.24, 2.45) is 0 Å². The fraction of sp³-hybridized carbons (Fsp3) is 0.176.